The van der Waals surface area contributed by atoms with Gasteiger partial charge in [-0.05, 0) is 11.1 Å². The molecule has 94 valence electrons. The molecule has 1 aromatic carbocycles. The van der Waals surface area contributed by atoms with E-state index in [1.807, 2.05) is 38.1 Å². The van der Waals surface area contributed by atoms with Gasteiger partial charge < -0.3 is 16.4 Å². The first-order valence-electron chi connectivity index (χ1n) is 5.89. The largest absolute Gasteiger partial charge is 0.351 e. The second-order valence-corrected chi connectivity index (χ2v) is 4.34. The molecule has 0 heterocycles. The number of carbonyl (C=O) groups is 1. The molecule has 4 N–H and O–H groups in total. The van der Waals surface area contributed by atoms with Gasteiger partial charge in [-0.25, -0.2) is 0 Å². The highest BCUT2D eigenvalue weighted by Crippen LogP contribution is 2.03. The van der Waals surface area contributed by atoms with Gasteiger partial charge >= 0.3 is 0 Å². The van der Waals surface area contributed by atoms with Crippen LogP contribution < -0.4 is 16.4 Å². The Kier molecular flexibility index (Phi) is 5.66. The zero-order valence-electron chi connectivity index (χ0n) is 10.5. The molecule has 0 saturated carbocycles. The molecule has 4 heteroatoms. The van der Waals surface area contributed by atoms with Crippen molar-refractivity contribution in [2.45, 2.75) is 33.0 Å². The molecule has 0 radical (unpaired) electrons. The van der Waals surface area contributed by atoms with Crippen LogP contribution in [0.4, 0.5) is 0 Å². The van der Waals surface area contributed by atoms with E-state index in [4.69, 9.17) is 5.73 Å². The molecule has 0 saturated heterocycles. The molecule has 1 rings (SSSR count). The normalized spacial score (nSPS) is 10.6. The highest BCUT2D eigenvalue weighted by atomic mass is 16.1. The maximum absolute atomic E-state index is 11.5. The highest BCUT2D eigenvalue weighted by Gasteiger charge is 2.02. The lowest BCUT2D eigenvalue weighted by Crippen LogP contribution is -2.36. The summed E-state index contributed by atoms with van der Waals surface area (Å²) in [5.74, 6) is 0.0110. The summed E-state index contributed by atoms with van der Waals surface area (Å²) in [6.07, 6.45) is 0. The van der Waals surface area contributed by atoms with Gasteiger partial charge in [0.1, 0.15) is 0 Å². The number of rotatable bonds is 6. The van der Waals surface area contributed by atoms with E-state index >= 15 is 0 Å². The van der Waals surface area contributed by atoms with Crippen molar-refractivity contribution in [1.82, 2.24) is 10.6 Å². The fourth-order valence-corrected chi connectivity index (χ4v) is 1.43. The van der Waals surface area contributed by atoms with E-state index in [1.165, 1.54) is 0 Å². The molecule has 0 fully saturated rings. The highest BCUT2D eigenvalue weighted by molar-refractivity contribution is 5.77. The number of carbonyl (C=O) groups excluding carboxylic acids is 1. The van der Waals surface area contributed by atoms with Crippen LogP contribution in [0.2, 0.25) is 0 Å². The third-order valence-corrected chi connectivity index (χ3v) is 2.39. The van der Waals surface area contributed by atoms with E-state index in [0.29, 0.717) is 25.7 Å². The van der Waals surface area contributed by atoms with Crippen LogP contribution in [0.25, 0.3) is 0 Å². The first-order valence-corrected chi connectivity index (χ1v) is 5.89. The van der Waals surface area contributed by atoms with E-state index in [2.05, 4.69) is 10.6 Å². The lowest BCUT2D eigenvalue weighted by Gasteiger charge is -2.09. The Labute approximate surface area is 103 Å². The van der Waals surface area contributed by atoms with E-state index in [-0.39, 0.29) is 5.91 Å². The first-order chi connectivity index (χ1) is 8.11. The lowest BCUT2D eigenvalue weighted by molar-refractivity contribution is -0.120. The number of nitrogens with one attached hydrogen (secondary N) is 2. The maximum Gasteiger partial charge on any atom is 0.234 e. The summed E-state index contributed by atoms with van der Waals surface area (Å²) in [6, 6.07) is 8.24. The first kappa shape index (κ1) is 13.7. The van der Waals surface area contributed by atoms with Gasteiger partial charge in [-0.3, -0.25) is 4.79 Å². The maximum atomic E-state index is 11.5. The molecule has 0 unspecified atom stereocenters. The van der Waals surface area contributed by atoms with Crippen LogP contribution in [0.5, 0.6) is 0 Å². The summed E-state index contributed by atoms with van der Waals surface area (Å²) < 4.78 is 0. The van der Waals surface area contributed by atoms with Crippen molar-refractivity contribution in [3.63, 3.8) is 0 Å². The minimum Gasteiger partial charge on any atom is -0.351 e. The van der Waals surface area contributed by atoms with Crippen LogP contribution in [0.15, 0.2) is 24.3 Å². The van der Waals surface area contributed by atoms with Crippen LogP contribution in [-0.2, 0) is 17.9 Å². The molecular weight excluding hydrogens is 214 g/mol. The second-order valence-electron chi connectivity index (χ2n) is 4.34. The second kappa shape index (κ2) is 7.04. The molecule has 4 nitrogen and oxygen atoms in total. The van der Waals surface area contributed by atoms with Crippen LogP contribution >= 0.6 is 0 Å². The van der Waals surface area contributed by atoms with E-state index in [1.54, 1.807) is 0 Å². The third-order valence-electron chi connectivity index (χ3n) is 2.39. The van der Waals surface area contributed by atoms with Crippen LogP contribution in [-0.4, -0.2) is 18.5 Å². The Morgan fingerprint density at radius 2 is 2.06 bits per heavy atom. The van der Waals surface area contributed by atoms with E-state index < -0.39 is 0 Å². The number of hydrogen-bond acceptors (Lipinski definition) is 3. The fraction of sp³-hybridized carbons (Fsp3) is 0.462. The van der Waals surface area contributed by atoms with Gasteiger partial charge in [0.05, 0.1) is 6.54 Å². The van der Waals surface area contributed by atoms with Crippen LogP contribution in [0, 0.1) is 0 Å². The van der Waals surface area contributed by atoms with Crippen molar-refractivity contribution < 1.29 is 4.79 Å². The quantitative estimate of drug-likeness (QED) is 0.682. The SMILES string of the molecule is CC(C)NCC(=O)NCc1cccc(CN)c1. The third kappa shape index (κ3) is 5.47. The van der Waals surface area contributed by atoms with Gasteiger partial charge in [0, 0.05) is 19.1 Å². The van der Waals surface area contributed by atoms with Gasteiger partial charge in [0.15, 0.2) is 0 Å². The molecule has 0 aromatic heterocycles. The Hall–Kier alpha value is -1.39. The molecule has 0 aliphatic rings. The summed E-state index contributed by atoms with van der Waals surface area (Å²) in [5, 5.41) is 5.94. The van der Waals surface area contributed by atoms with Crippen molar-refractivity contribution in [2.75, 3.05) is 6.54 Å². The molecular formula is C13H21N3O. The Morgan fingerprint density at radius 1 is 1.35 bits per heavy atom. The van der Waals surface area contributed by atoms with E-state index in [0.717, 1.165) is 11.1 Å². The molecule has 0 spiro atoms. The zero-order chi connectivity index (χ0) is 12.7. The number of hydrogen-bond donors (Lipinski definition) is 3. The van der Waals surface area contributed by atoms with Gasteiger partial charge in [-0.2, -0.15) is 0 Å². The summed E-state index contributed by atoms with van der Waals surface area (Å²) in [4.78, 5) is 11.5. The molecule has 0 bridgehead atoms. The summed E-state index contributed by atoms with van der Waals surface area (Å²) in [5.41, 5.74) is 7.71. The lowest BCUT2D eigenvalue weighted by atomic mass is 10.1. The molecule has 0 atom stereocenters. The number of benzene rings is 1. The van der Waals surface area contributed by atoms with Gasteiger partial charge in [-0.1, -0.05) is 38.1 Å². The molecule has 17 heavy (non-hydrogen) atoms. The molecule has 1 amide bonds. The van der Waals surface area contributed by atoms with Crippen molar-refractivity contribution in [3.8, 4) is 0 Å². The van der Waals surface area contributed by atoms with Gasteiger partial charge in [0.25, 0.3) is 0 Å². The van der Waals surface area contributed by atoms with Crippen LogP contribution in [0.1, 0.15) is 25.0 Å². The van der Waals surface area contributed by atoms with Crippen molar-refractivity contribution >= 4 is 5.91 Å². The summed E-state index contributed by atoms with van der Waals surface area (Å²) in [6.45, 7) is 5.45. The summed E-state index contributed by atoms with van der Waals surface area (Å²) in [7, 11) is 0. The van der Waals surface area contributed by atoms with E-state index in [9.17, 15) is 4.79 Å². The topological polar surface area (TPSA) is 67.2 Å². The smallest absolute Gasteiger partial charge is 0.234 e. The zero-order valence-corrected chi connectivity index (χ0v) is 10.5. The van der Waals surface area contributed by atoms with Crippen molar-refractivity contribution in [1.29, 1.82) is 0 Å². The van der Waals surface area contributed by atoms with Crippen molar-refractivity contribution in [3.05, 3.63) is 35.4 Å². The van der Waals surface area contributed by atoms with Crippen molar-refractivity contribution in [2.24, 2.45) is 5.73 Å². The minimum absolute atomic E-state index is 0.0110. The van der Waals surface area contributed by atoms with Gasteiger partial charge in [0.2, 0.25) is 5.91 Å². The summed E-state index contributed by atoms with van der Waals surface area (Å²) >= 11 is 0. The Bertz CT molecular complexity index is 363. The predicted octanol–water partition coefficient (Wildman–Crippen LogP) is 0.760. The standard InChI is InChI=1S/C13H21N3O/c1-10(2)15-9-13(17)16-8-12-5-3-4-11(6-12)7-14/h3-6,10,15H,7-9,14H2,1-2H3,(H,16,17). The van der Waals surface area contributed by atoms with Gasteiger partial charge in [-0.15, -0.1) is 0 Å². The average molecular weight is 235 g/mol. The number of amides is 1. The molecule has 0 aliphatic heterocycles. The molecule has 0 aliphatic carbocycles. The average Bonchev–Trinajstić information content (AvgIpc) is 2.34. The Balaban J connectivity index is 2.36. The predicted molar refractivity (Wildman–Crippen MR) is 69.3 cm³/mol. The molecule has 1 aromatic rings. The van der Waals surface area contributed by atoms with Crippen LogP contribution in [0.3, 0.4) is 0 Å². The fourth-order valence-electron chi connectivity index (χ4n) is 1.43. The Morgan fingerprint density at radius 3 is 2.71 bits per heavy atom. The number of nitrogens with two attached hydrogens (primary N) is 1. The minimum atomic E-state index is 0.0110. The monoisotopic (exact) mass is 235 g/mol.